The van der Waals surface area contributed by atoms with Gasteiger partial charge in [0.15, 0.2) is 0 Å². The van der Waals surface area contributed by atoms with E-state index >= 15 is 0 Å². The van der Waals surface area contributed by atoms with Gasteiger partial charge in [-0.05, 0) is 81.1 Å². The summed E-state index contributed by atoms with van der Waals surface area (Å²) >= 11 is 0. The number of benzene rings is 1. The number of hydrogen-bond acceptors (Lipinski definition) is 3. The summed E-state index contributed by atoms with van der Waals surface area (Å²) in [5.41, 5.74) is 5.95. The zero-order chi connectivity index (χ0) is 17.8. The Morgan fingerprint density at radius 2 is 2.04 bits per heavy atom. The average molecular weight is 340 g/mol. The smallest absolute Gasteiger partial charge is 0.254 e. The summed E-state index contributed by atoms with van der Waals surface area (Å²) in [7, 11) is 2.14. The quantitative estimate of drug-likeness (QED) is 0.774. The summed E-state index contributed by atoms with van der Waals surface area (Å²) in [6.07, 6.45) is 6.51. The van der Waals surface area contributed by atoms with Crippen LogP contribution in [0, 0.1) is 13.8 Å². The van der Waals surface area contributed by atoms with Crippen LogP contribution in [0.2, 0.25) is 0 Å². The highest BCUT2D eigenvalue weighted by Crippen LogP contribution is 2.24. The zero-order valence-electron chi connectivity index (χ0n) is 15.5. The van der Waals surface area contributed by atoms with E-state index in [0.717, 1.165) is 51.0 Å². The molecule has 0 spiro atoms. The Bertz CT molecular complexity index is 722. The van der Waals surface area contributed by atoms with Crippen LogP contribution in [0.4, 0.5) is 0 Å². The van der Waals surface area contributed by atoms with Gasteiger partial charge >= 0.3 is 0 Å². The van der Waals surface area contributed by atoms with Gasteiger partial charge in [-0.1, -0.05) is 6.07 Å². The van der Waals surface area contributed by atoms with Gasteiger partial charge in [-0.25, -0.2) is 0 Å². The number of carbonyl (C=O) groups excluding carboxylic acids is 1. The Morgan fingerprint density at radius 3 is 2.80 bits per heavy atom. The van der Waals surface area contributed by atoms with Gasteiger partial charge < -0.3 is 14.2 Å². The lowest BCUT2D eigenvalue weighted by molar-refractivity contribution is 0.0733. The molecular formula is C21H28N2O2. The summed E-state index contributed by atoms with van der Waals surface area (Å²) in [6.45, 7) is 7.93. The molecular weight excluding hydrogens is 312 g/mol. The first-order chi connectivity index (χ1) is 12.1. The van der Waals surface area contributed by atoms with Crippen molar-refractivity contribution in [3.8, 4) is 0 Å². The molecule has 1 amide bonds. The molecule has 0 unspecified atom stereocenters. The monoisotopic (exact) mass is 340 g/mol. The number of hydrogen-bond donors (Lipinski definition) is 0. The van der Waals surface area contributed by atoms with Crippen molar-refractivity contribution in [1.29, 1.82) is 0 Å². The fraction of sp³-hybridized carbons (Fsp3) is 0.476. The molecule has 0 atom stereocenters. The highest BCUT2D eigenvalue weighted by molar-refractivity contribution is 5.97. The van der Waals surface area contributed by atoms with Crippen molar-refractivity contribution < 1.29 is 9.21 Å². The van der Waals surface area contributed by atoms with Gasteiger partial charge in [0, 0.05) is 25.2 Å². The van der Waals surface area contributed by atoms with Crippen molar-refractivity contribution in [3.05, 3.63) is 58.5 Å². The van der Waals surface area contributed by atoms with Crippen molar-refractivity contribution in [1.82, 2.24) is 9.80 Å². The fourth-order valence-corrected chi connectivity index (χ4v) is 3.53. The number of likely N-dealkylation sites (N-methyl/N-ethyl adjacent to an activating group) is 1. The van der Waals surface area contributed by atoms with Crippen molar-refractivity contribution in [3.63, 3.8) is 0 Å². The van der Waals surface area contributed by atoms with Gasteiger partial charge in [0.2, 0.25) is 0 Å². The highest BCUT2D eigenvalue weighted by atomic mass is 16.3. The van der Waals surface area contributed by atoms with E-state index in [-0.39, 0.29) is 5.91 Å². The van der Waals surface area contributed by atoms with E-state index < -0.39 is 0 Å². The number of aryl methyl sites for hydroxylation is 1. The molecule has 2 aromatic rings. The summed E-state index contributed by atoms with van der Waals surface area (Å²) in [5.74, 6) is 0.199. The van der Waals surface area contributed by atoms with Crippen molar-refractivity contribution in [2.24, 2.45) is 0 Å². The van der Waals surface area contributed by atoms with Crippen LogP contribution in [-0.4, -0.2) is 48.9 Å². The second-order valence-corrected chi connectivity index (χ2v) is 7.11. The molecule has 1 aliphatic rings. The van der Waals surface area contributed by atoms with Gasteiger partial charge in [-0.3, -0.25) is 4.79 Å². The zero-order valence-corrected chi connectivity index (χ0v) is 15.5. The fourth-order valence-electron chi connectivity index (χ4n) is 3.53. The third-order valence-corrected chi connectivity index (χ3v) is 5.35. The average Bonchev–Trinajstić information content (AvgIpc) is 3.12. The van der Waals surface area contributed by atoms with Crippen LogP contribution < -0.4 is 0 Å². The number of furan rings is 1. The van der Waals surface area contributed by atoms with Gasteiger partial charge in [-0.15, -0.1) is 0 Å². The Hall–Kier alpha value is -2.07. The summed E-state index contributed by atoms with van der Waals surface area (Å²) in [6, 6.07) is 6.09. The molecule has 1 aromatic carbocycles. The maximum atomic E-state index is 12.7. The van der Waals surface area contributed by atoms with Crippen molar-refractivity contribution in [2.75, 3.05) is 33.2 Å². The third-order valence-electron chi connectivity index (χ3n) is 5.35. The van der Waals surface area contributed by atoms with E-state index in [9.17, 15) is 4.79 Å². The first-order valence-electron chi connectivity index (χ1n) is 9.14. The standard InChI is InChI=1S/C21H28N2O2/c1-16-5-6-20-19(17(16)2)8-13-23(21(20)24)11-4-10-22(3)12-7-18-9-14-25-15-18/h5-6,9,14-15H,4,7-8,10-13H2,1-3H3. The van der Waals surface area contributed by atoms with Crippen LogP contribution in [-0.2, 0) is 12.8 Å². The van der Waals surface area contributed by atoms with E-state index in [1.807, 2.05) is 17.0 Å². The second-order valence-electron chi connectivity index (χ2n) is 7.11. The largest absolute Gasteiger partial charge is 0.472 e. The molecule has 1 aromatic heterocycles. The van der Waals surface area contributed by atoms with Crippen LogP contribution in [0.5, 0.6) is 0 Å². The number of nitrogens with zero attached hydrogens (tertiary/aromatic N) is 2. The minimum atomic E-state index is 0.199. The Balaban J connectivity index is 1.47. The van der Waals surface area contributed by atoms with Crippen LogP contribution >= 0.6 is 0 Å². The first-order valence-corrected chi connectivity index (χ1v) is 9.14. The van der Waals surface area contributed by atoms with Crippen molar-refractivity contribution in [2.45, 2.75) is 33.1 Å². The third kappa shape index (κ3) is 4.13. The minimum Gasteiger partial charge on any atom is -0.472 e. The number of fused-ring (bicyclic) bond motifs is 1. The second kappa shape index (κ2) is 7.87. The van der Waals surface area contributed by atoms with Crippen LogP contribution in [0.25, 0.3) is 0 Å². The van der Waals surface area contributed by atoms with E-state index in [4.69, 9.17) is 4.42 Å². The number of carbonyl (C=O) groups is 1. The normalized spacial score (nSPS) is 14.2. The van der Waals surface area contributed by atoms with Crippen LogP contribution in [0.15, 0.2) is 35.1 Å². The topological polar surface area (TPSA) is 36.7 Å². The molecule has 0 N–H and O–H groups in total. The van der Waals surface area contributed by atoms with Gasteiger partial charge in [0.1, 0.15) is 0 Å². The summed E-state index contributed by atoms with van der Waals surface area (Å²) in [4.78, 5) is 17.1. The van der Waals surface area contributed by atoms with Gasteiger partial charge in [0.25, 0.3) is 5.91 Å². The van der Waals surface area contributed by atoms with E-state index in [2.05, 4.69) is 31.9 Å². The molecule has 0 saturated heterocycles. The molecule has 0 saturated carbocycles. The molecule has 0 radical (unpaired) electrons. The minimum absolute atomic E-state index is 0.199. The predicted octanol–water partition coefficient (Wildman–Crippen LogP) is 3.46. The lowest BCUT2D eigenvalue weighted by Gasteiger charge is -2.30. The lowest BCUT2D eigenvalue weighted by Crippen LogP contribution is -2.39. The lowest BCUT2D eigenvalue weighted by atomic mass is 9.91. The number of rotatable bonds is 7. The molecule has 1 aliphatic heterocycles. The van der Waals surface area contributed by atoms with E-state index in [0.29, 0.717) is 0 Å². The SMILES string of the molecule is Cc1ccc2c(c1C)CCN(CCCN(C)CCc1ccoc1)C2=O. The van der Waals surface area contributed by atoms with Gasteiger partial charge in [0.05, 0.1) is 12.5 Å². The first kappa shape index (κ1) is 17.7. The molecule has 0 bridgehead atoms. The molecule has 2 heterocycles. The number of amides is 1. The Labute approximate surface area is 150 Å². The molecule has 25 heavy (non-hydrogen) atoms. The van der Waals surface area contributed by atoms with E-state index in [1.165, 1.54) is 22.3 Å². The van der Waals surface area contributed by atoms with Gasteiger partial charge in [-0.2, -0.15) is 0 Å². The van der Waals surface area contributed by atoms with E-state index in [1.54, 1.807) is 12.5 Å². The van der Waals surface area contributed by atoms with Crippen LogP contribution in [0.1, 0.15) is 39.0 Å². The Morgan fingerprint density at radius 1 is 1.20 bits per heavy atom. The van der Waals surface area contributed by atoms with Crippen LogP contribution in [0.3, 0.4) is 0 Å². The predicted molar refractivity (Wildman–Crippen MR) is 100 cm³/mol. The molecule has 4 nitrogen and oxygen atoms in total. The molecule has 0 fully saturated rings. The maximum Gasteiger partial charge on any atom is 0.254 e. The van der Waals surface area contributed by atoms with Crippen molar-refractivity contribution >= 4 is 5.91 Å². The molecule has 134 valence electrons. The molecule has 4 heteroatoms. The molecule has 3 rings (SSSR count). The Kier molecular flexibility index (Phi) is 5.59. The summed E-state index contributed by atoms with van der Waals surface area (Å²) < 4.78 is 5.10. The summed E-state index contributed by atoms with van der Waals surface area (Å²) in [5, 5.41) is 0. The highest BCUT2D eigenvalue weighted by Gasteiger charge is 2.25. The maximum absolute atomic E-state index is 12.7. The molecule has 0 aliphatic carbocycles.